The molecule has 6 heteroatoms. The highest BCUT2D eigenvalue weighted by molar-refractivity contribution is 7.07. The molecular weight excluding hydrogens is 312 g/mol. The van der Waals surface area contributed by atoms with Gasteiger partial charge in [0.25, 0.3) is 5.91 Å². The summed E-state index contributed by atoms with van der Waals surface area (Å²) >= 11 is 1.51. The van der Waals surface area contributed by atoms with E-state index < -0.39 is 6.10 Å². The first-order valence-corrected chi connectivity index (χ1v) is 8.40. The number of aliphatic hydroxyl groups excluding tert-OH is 1. The molecule has 1 unspecified atom stereocenters. The Bertz CT molecular complexity index is 727. The number of thiophene rings is 1. The first-order valence-electron chi connectivity index (χ1n) is 7.45. The quantitative estimate of drug-likeness (QED) is 0.902. The van der Waals surface area contributed by atoms with Crippen LogP contribution in [0, 0.1) is 0 Å². The standard InChI is InChI=1S/C17H18N2O3S/c1-11(20)19-6-4-12-8-13(2-3-15(12)19)17(22)18-9-16(21)14-5-7-23-10-14/h2-3,5,7-8,10,16,21H,4,6,9H2,1H3,(H,18,22). The van der Waals surface area contributed by atoms with Crippen molar-refractivity contribution in [1.29, 1.82) is 0 Å². The predicted octanol–water partition coefficient (Wildman–Crippen LogP) is 2.12. The van der Waals surface area contributed by atoms with Crippen molar-refractivity contribution in [2.45, 2.75) is 19.4 Å². The van der Waals surface area contributed by atoms with Crippen LogP contribution in [0.2, 0.25) is 0 Å². The largest absolute Gasteiger partial charge is 0.387 e. The summed E-state index contributed by atoms with van der Waals surface area (Å²) in [5.74, 6) is -0.205. The van der Waals surface area contributed by atoms with Gasteiger partial charge in [-0.25, -0.2) is 0 Å². The molecule has 0 bridgehead atoms. The van der Waals surface area contributed by atoms with Crippen LogP contribution in [-0.2, 0) is 11.2 Å². The number of carbonyl (C=O) groups is 2. The zero-order valence-corrected chi connectivity index (χ0v) is 13.6. The lowest BCUT2D eigenvalue weighted by Gasteiger charge is -2.15. The van der Waals surface area contributed by atoms with Crippen molar-refractivity contribution in [3.63, 3.8) is 0 Å². The molecule has 0 saturated carbocycles. The molecule has 2 aromatic rings. The number of hydrogen-bond donors (Lipinski definition) is 2. The smallest absolute Gasteiger partial charge is 0.251 e. The van der Waals surface area contributed by atoms with Gasteiger partial charge in [0.2, 0.25) is 5.91 Å². The minimum absolute atomic E-state index is 0.0137. The third-order valence-corrected chi connectivity index (χ3v) is 4.70. The normalized spacial score (nSPS) is 14.4. The summed E-state index contributed by atoms with van der Waals surface area (Å²) in [6, 6.07) is 7.19. The molecule has 23 heavy (non-hydrogen) atoms. The SMILES string of the molecule is CC(=O)N1CCc2cc(C(=O)NCC(O)c3ccsc3)ccc21. The first kappa shape index (κ1) is 15.7. The van der Waals surface area contributed by atoms with Crippen LogP contribution in [0.1, 0.15) is 34.5 Å². The summed E-state index contributed by atoms with van der Waals surface area (Å²) in [7, 11) is 0. The van der Waals surface area contributed by atoms with Crippen molar-refractivity contribution in [3.05, 3.63) is 51.7 Å². The van der Waals surface area contributed by atoms with Crippen molar-refractivity contribution < 1.29 is 14.7 Å². The molecule has 3 rings (SSSR count). The lowest BCUT2D eigenvalue weighted by molar-refractivity contribution is -0.116. The maximum Gasteiger partial charge on any atom is 0.251 e. The van der Waals surface area contributed by atoms with Gasteiger partial charge in [-0.3, -0.25) is 9.59 Å². The molecule has 2 amide bonds. The molecule has 0 saturated heterocycles. The van der Waals surface area contributed by atoms with E-state index in [1.807, 2.05) is 29.0 Å². The molecule has 1 aromatic heterocycles. The van der Waals surface area contributed by atoms with Crippen LogP contribution < -0.4 is 10.2 Å². The molecule has 2 N–H and O–H groups in total. The van der Waals surface area contributed by atoms with Crippen molar-refractivity contribution in [1.82, 2.24) is 5.32 Å². The summed E-state index contributed by atoms with van der Waals surface area (Å²) in [5, 5.41) is 16.5. The van der Waals surface area contributed by atoms with Crippen LogP contribution in [0.5, 0.6) is 0 Å². The Balaban J connectivity index is 1.66. The molecule has 0 aliphatic carbocycles. The number of fused-ring (bicyclic) bond motifs is 1. The Kier molecular flexibility index (Phi) is 4.45. The molecule has 0 fully saturated rings. The van der Waals surface area contributed by atoms with Crippen LogP contribution in [0.3, 0.4) is 0 Å². The Morgan fingerprint density at radius 1 is 1.39 bits per heavy atom. The number of nitrogens with zero attached hydrogens (tertiary/aromatic N) is 1. The van der Waals surface area contributed by atoms with Crippen molar-refractivity contribution in [2.24, 2.45) is 0 Å². The zero-order chi connectivity index (χ0) is 16.4. The third-order valence-electron chi connectivity index (χ3n) is 4.00. The summed E-state index contributed by atoms with van der Waals surface area (Å²) in [4.78, 5) is 25.5. The van der Waals surface area contributed by atoms with Crippen LogP contribution in [0.15, 0.2) is 35.0 Å². The second-order valence-electron chi connectivity index (χ2n) is 5.55. The fraction of sp³-hybridized carbons (Fsp3) is 0.294. The number of nitrogens with one attached hydrogen (secondary N) is 1. The van der Waals surface area contributed by atoms with E-state index in [-0.39, 0.29) is 18.4 Å². The van der Waals surface area contributed by atoms with E-state index in [9.17, 15) is 14.7 Å². The maximum absolute atomic E-state index is 12.2. The highest BCUT2D eigenvalue weighted by Crippen LogP contribution is 2.28. The number of amides is 2. The Hall–Kier alpha value is -2.18. The minimum atomic E-state index is -0.701. The van der Waals surface area contributed by atoms with E-state index in [0.717, 1.165) is 23.2 Å². The van der Waals surface area contributed by atoms with Crippen LogP contribution in [-0.4, -0.2) is 30.0 Å². The van der Waals surface area contributed by atoms with E-state index in [1.165, 1.54) is 11.3 Å². The fourth-order valence-electron chi connectivity index (χ4n) is 2.74. The Morgan fingerprint density at radius 3 is 2.91 bits per heavy atom. The molecule has 0 spiro atoms. The van der Waals surface area contributed by atoms with Crippen LogP contribution in [0.25, 0.3) is 0 Å². The molecule has 1 aliphatic rings. The van der Waals surface area contributed by atoms with Crippen molar-refractivity contribution in [3.8, 4) is 0 Å². The highest BCUT2D eigenvalue weighted by Gasteiger charge is 2.23. The summed E-state index contributed by atoms with van der Waals surface area (Å²) < 4.78 is 0. The minimum Gasteiger partial charge on any atom is -0.387 e. The van der Waals surface area contributed by atoms with E-state index in [2.05, 4.69) is 5.32 Å². The molecule has 0 radical (unpaired) electrons. The molecule has 1 aliphatic heterocycles. The molecule has 120 valence electrons. The van der Waals surface area contributed by atoms with Crippen LogP contribution >= 0.6 is 11.3 Å². The van der Waals surface area contributed by atoms with Crippen molar-refractivity contribution >= 4 is 28.8 Å². The van der Waals surface area contributed by atoms with Gasteiger partial charge in [-0.2, -0.15) is 11.3 Å². The van der Waals surface area contributed by atoms with Gasteiger partial charge in [-0.05, 0) is 52.6 Å². The number of rotatable bonds is 4. The fourth-order valence-corrected chi connectivity index (χ4v) is 3.45. The average Bonchev–Trinajstić information content (AvgIpc) is 3.20. The zero-order valence-electron chi connectivity index (χ0n) is 12.8. The molecule has 1 atom stereocenters. The number of aliphatic hydroxyl groups is 1. The Morgan fingerprint density at radius 2 is 2.22 bits per heavy atom. The van der Waals surface area contributed by atoms with E-state index in [4.69, 9.17) is 0 Å². The van der Waals surface area contributed by atoms with E-state index in [0.29, 0.717) is 12.1 Å². The maximum atomic E-state index is 12.2. The molecular formula is C17H18N2O3S. The van der Waals surface area contributed by atoms with Gasteiger partial charge >= 0.3 is 0 Å². The summed E-state index contributed by atoms with van der Waals surface area (Å²) in [6.45, 7) is 2.38. The van der Waals surface area contributed by atoms with Crippen LogP contribution in [0.4, 0.5) is 5.69 Å². The highest BCUT2D eigenvalue weighted by atomic mass is 32.1. The van der Waals surface area contributed by atoms with E-state index in [1.54, 1.807) is 17.9 Å². The number of hydrogen-bond acceptors (Lipinski definition) is 4. The van der Waals surface area contributed by atoms with Gasteiger partial charge in [0.15, 0.2) is 0 Å². The second kappa shape index (κ2) is 6.52. The van der Waals surface area contributed by atoms with Gasteiger partial charge < -0.3 is 15.3 Å². The second-order valence-corrected chi connectivity index (χ2v) is 6.33. The van der Waals surface area contributed by atoms with Crippen molar-refractivity contribution in [2.75, 3.05) is 18.0 Å². The Labute approximate surface area is 138 Å². The van der Waals surface area contributed by atoms with Gasteiger partial charge in [0.1, 0.15) is 0 Å². The van der Waals surface area contributed by atoms with Gasteiger partial charge in [-0.15, -0.1) is 0 Å². The van der Waals surface area contributed by atoms with Gasteiger partial charge in [-0.1, -0.05) is 0 Å². The number of benzene rings is 1. The van der Waals surface area contributed by atoms with Gasteiger partial charge in [0, 0.05) is 31.3 Å². The van der Waals surface area contributed by atoms with Gasteiger partial charge in [0.05, 0.1) is 6.10 Å². The lowest BCUT2D eigenvalue weighted by atomic mass is 10.1. The molecule has 1 aromatic carbocycles. The topological polar surface area (TPSA) is 69.6 Å². The summed E-state index contributed by atoms with van der Waals surface area (Å²) in [6.07, 6.45) is 0.0564. The third kappa shape index (κ3) is 3.28. The van der Waals surface area contributed by atoms with E-state index >= 15 is 0 Å². The number of carbonyl (C=O) groups excluding carboxylic acids is 2. The number of anilines is 1. The average molecular weight is 330 g/mol. The molecule has 2 heterocycles. The lowest BCUT2D eigenvalue weighted by Crippen LogP contribution is -2.28. The predicted molar refractivity (Wildman–Crippen MR) is 89.8 cm³/mol. The summed E-state index contributed by atoms with van der Waals surface area (Å²) in [5.41, 5.74) is 3.24. The first-order chi connectivity index (χ1) is 11.1. The monoisotopic (exact) mass is 330 g/mol. The molecule has 5 nitrogen and oxygen atoms in total.